The van der Waals surface area contributed by atoms with E-state index in [1.54, 1.807) is 43.4 Å². The third kappa shape index (κ3) is 2.47. The average Bonchev–Trinajstić information content (AvgIpc) is 3.17. The number of anilines is 1. The highest BCUT2D eigenvalue weighted by atomic mass is 32.2. The first kappa shape index (κ1) is 15.7. The Balaban J connectivity index is 1.65. The van der Waals surface area contributed by atoms with E-state index in [2.05, 4.69) is 0 Å². The van der Waals surface area contributed by atoms with Crippen LogP contribution in [0.5, 0.6) is 0 Å². The summed E-state index contributed by atoms with van der Waals surface area (Å²) in [6.07, 6.45) is 1.54. The molecule has 2 heterocycles. The molecule has 7 heteroatoms. The largest absolute Gasteiger partial charge is 0.467 e. The maximum Gasteiger partial charge on any atom is 0.265 e. The van der Waals surface area contributed by atoms with Crippen molar-refractivity contribution in [2.24, 2.45) is 0 Å². The molecule has 4 rings (SSSR count). The Bertz CT molecular complexity index is 1050. The zero-order valence-corrected chi connectivity index (χ0v) is 14.4. The first-order valence-electron chi connectivity index (χ1n) is 7.79. The minimum absolute atomic E-state index is 0.243. The SMILES string of the molecule is CN(Cc1ccco1)C(=O)CN1c2cccc3cccc(c23)S1(=O)=O. The molecular weight excluding hydrogens is 340 g/mol. The minimum atomic E-state index is -3.73. The Kier molecular flexibility index (Phi) is 3.54. The molecule has 0 saturated carbocycles. The van der Waals surface area contributed by atoms with E-state index in [0.717, 1.165) is 5.39 Å². The van der Waals surface area contributed by atoms with Crippen LogP contribution in [0.15, 0.2) is 64.1 Å². The van der Waals surface area contributed by atoms with Gasteiger partial charge < -0.3 is 9.32 Å². The average molecular weight is 356 g/mol. The summed E-state index contributed by atoms with van der Waals surface area (Å²) in [5.74, 6) is 0.343. The molecule has 2 aromatic carbocycles. The summed E-state index contributed by atoms with van der Waals surface area (Å²) in [6, 6.07) is 14.1. The maximum atomic E-state index is 12.9. The highest BCUT2D eigenvalue weighted by molar-refractivity contribution is 7.93. The molecule has 0 spiro atoms. The molecule has 1 amide bonds. The lowest BCUT2D eigenvalue weighted by molar-refractivity contribution is -0.129. The van der Waals surface area contributed by atoms with Crippen LogP contribution in [0.1, 0.15) is 5.76 Å². The van der Waals surface area contributed by atoms with E-state index < -0.39 is 10.0 Å². The number of hydrogen-bond donors (Lipinski definition) is 0. The second kappa shape index (κ2) is 5.63. The molecule has 0 saturated heterocycles. The van der Waals surface area contributed by atoms with Crippen LogP contribution in [0, 0.1) is 0 Å². The molecule has 0 N–H and O–H groups in total. The van der Waals surface area contributed by atoms with Gasteiger partial charge in [-0.15, -0.1) is 0 Å². The molecule has 0 bridgehead atoms. The van der Waals surface area contributed by atoms with Gasteiger partial charge in [0.25, 0.3) is 10.0 Å². The summed E-state index contributed by atoms with van der Waals surface area (Å²) in [4.78, 5) is 14.3. The number of carbonyl (C=O) groups excluding carboxylic acids is 1. The van der Waals surface area contributed by atoms with Crippen LogP contribution in [-0.4, -0.2) is 32.8 Å². The molecule has 0 unspecified atom stereocenters. The molecule has 6 nitrogen and oxygen atoms in total. The van der Waals surface area contributed by atoms with Gasteiger partial charge >= 0.3 is 0 Å². The van der Waals surface area contributed by atoms with Gasteiger partial charge in [-0.1, -0.05) is 24.3 Å². The van der Waals surface area contributed by atoms with Crippen LogP contribution in [0.2, 0.25) is 0 Å². The summed E-state index contributed by atoms with van der Waals surface area (Å²) in [5, 5.41) is 1.52. The van der Waals surface area contributed by atoms with E-state index in [-0.39, 0.29) is 23.9 Å². The fourth-order valence-electron chi connectivity index (χ4n) is 3.10. The van der Waals surface area contributed by atoms with Gasteiger partial charge in [0.2, 0.25) is 5.91 Å². The lowest BCUT2D eigenvalue weighted by Gasteiger charge is -2.22. The zero-order valence-electron chi connectivity index (χ0n) is 13.5. The Morgan fingerprint density at radius 1 is 1.12 bits per heavy atom. The van der Waals surface area contributed by atoms with Gasteiger partial charge in [-0.3, -0.25) is 9.10 Å². The summed E-state index contributed by atoms with van der Waals surface area (Å²) in [5.41, 5.74) is 0.549. The van der Waals surface area contributed by atoms with Gasteiger partial charge in [-0.05, 0) is 29.7 Å². The number of sulfonamides is 1. The molecule has 0 radical (unpaired) electrons. The molecule has 128 valence electrons. The smallest absolute Gasteiger partial charge is 0.265 e. The lowest BCUT2D eigenvalue weighted by atomic mass is 10.1. The number of furan rings is 1. The molecule has 0 fully saturated rings. The molecule has 1 aromatic heterocycles. The van der Waals surface area contributed by atoms with Crippen molar-refractivity contribution in [2.45, 2.75) is 11.4 Å². The van der Waals surface area contributed by atoms with Crippen LogP contribution in [0.4, 0.5) is 5.69 Å². The summed E-state index contributed by atoms with van der Waals surface area (Å²) in [6.45, 7) is 0.0458. The number of benzene rings is 2. The third-order valence-electron chi connectivity index (χ3n) is 4.36. The van der Waals surface area contributed by atoms with Gasteiger partial charge in [-0.25, -0.2) is 8.42 Å². The normalized spacial score (nSPS) is 14.8. The molecule has 0 atom stereocenters. The van der Waals surface area contributed by atoms with E-state index in [4.69, 9.17) is 4.42 Å². The monoisotopic (exact) mass is 356 g/mol. The quantitative estimate of drug-likeness (QED) is 0.720. The highest BCUT2D eigenvalue weighted by Gasteiger charge is 2.37. The van der Waals surface area contributed by atoms with Crippen molar-refractivity contribution < 1.29 is 17.6 Å². The first-order chi connectivity index (χ1) is 12.0. The number of rotatable bonds is 4. The fraction of sp³-hybridized carbons (Fsp3) is 0.167. The van der Waals surface area contributed by atoms with Crippen molar-refractivity contribution in [3.05, 3.63) is 60.6 Å². The van der Waals surface area contributed by atoms with Gasteiger partial charge in [-0.2, -0.15) is 0 Å². The lowest BCUT2D eigenvalue weighted by Crippen LogP contribution is -2.39. The maximum absolute atomic E-state index is 12.9. The third-order valence-corrected chi connectivity index (χ3v) is 6.16. The number of nitrogens with zero attached hydrogens (tertiary/aromatic N) is 2. The van der Waals surface area contributed by atoms with Crippen molar-refractivity contribution >= 4 is 32.4 Å². The molecule has 0 aliphatic carbocycles. The summed E-state index contributed by atoms with van der Waals surface area (Å²) in [7, 11) is -2.10. The van der Waals surface area contributed by atoms with Crippen molar-refractivity contribution in [3.63, 3.8) is 0 Å². The van der Waals surface area contributed by atoms with Crippen molar-refractivity contribution in [1.82, 2.24) is 4.90 Å². The molecular formula is C18H16N2O4S. The zero-order chi connectivity index (χ0) is 17.6. The Labute approximate surface area is 145 Å². The van der Waals surface area contributed by atoms with Gasteiger partial charge in [0.05, 0.1) is 23.4 Å². The number of amides is 1. The van der Waals surface area contributed by atoms with Crippen LogP contribution >= 0.6 is 0 Å². The van der Waals surface area contributed by atoms with Gasteiger partial charge in [0.15, 0.2) is 0 Å². The topological polar surface area (TPSA) is 70.8 Å². The Morgan fingerprint density at radius 2 is 1.88 bits per heavy atom. The Hall–Kier alpha value is -2.80. The molecule has 1 aliphatic heterocycles. The standard InChI is InChI=1S/C18H16N2O4S/c1-19(11-14-7-4-10-24-14)17(21)12-20-15-8-2-5-13-6-3-9-16(18(13)15)25(20,22)23/h2-10H,11-12H2,1H3. The molecule has 3 aromatic rings. The van der Waals surface area contributed by atoms with E-state index in [1.807, 2.05) is 12.1 Å². The van der Waals surface area contributed by atoms with Gasteiger partial charge in [0, 0.05) is 12.4 Å². The van der Waals surface area contributed by atoms with Crippen molar-refractivity contribution in [3.8, 4) is 0 Å². The highest BCUT2D eigenvalue weighted by Crippen LogP contribution is 2.41. The predicted octanol–water partition coefficient (Wildman–Crippen LogP) is 2.60. The van der Waals surface area contributed by atoms with E-state index >= 15 is 0 Å². The van der Waals surface area contributed by atoms with Gasteiger partial charge in [0.1, 0.15) is 12.3 Å². The summed E-state index contributed by atoms with van der Waals surface area (Å²) >= 11 is 0. The summed E-state index contributed by atoms with van der Waals surface area (Å²) < 4.78 is 32.2. The van der Waals surface area contributed by atoms with Crippen LogP contribution < -0.4 is 4.31 Å². The minimum Gasteiger partial charge on any atom is -0.467 e. The van der Waals surface area contributed by atoms with Crippen molar-refractivity contribution in [1.29, 1.82) is 0 Å². The van der Waals surface area contributed by atoms with E-state index in [0.29, 0.717) is 16.8 Å². The predicted molar refractivity (Wildman–Crippen MR) is 93.7 cm³/mol. The molecule has 1 aliphatic rings. The van der Waals surface area contributed by atoms with Crippen molar-refractivity contribution in [2.75, 3.05) is 17.9 Å². The van der Waals surface area contributed by atoms with E-state index in [9.17, 15) is 13.2 Å². The number of carbonyl (C=O) groups is 1. The Morgan fingerprint density at radius 3 is 2.60 bits per heavy atom. The van der Waals surface area contributed by atoms with Crippen LogP contribution in [-0.2, 0) is 21.4 Å². The van der Waals surface area contributed by atoms with Crippen LogP contribution in [0.25, 0.3) is 10.8 Å². The second-order valence-corrected chi connectivity index (χ2v) is 7.80. The second-order valence-electron chi connectivity index (χ2n) is 5.97. The number of likely N-dealkylation sites (N-methyl/N-ethyl adjacent to an activating group) is 1. The number of hydrogen-bond acceptors (Lipinski definition) is 4. The molecule has 25 heavy (non-hydrogen) atoms. The van der Waals surface area contributed by atoms with E-state index in [1.165, 1.54) is 15.5 Å². The fourth-order valence-corrected chi connectivity index (χ4v) is 4.76. The first-order valence-corrected chi connectivity index (χ1v) is 9.23. The van der Waals surface area contributed by atoms with Crippen LogP contribution in [0.3, 0.4) is 0 Å².